The zero-order chi connectivity index (χ0) is 16.9. The molecule has 2 aromatic rings. The number of carbonyl (C=O) groups is 1. The van der Waals surface area contributed by atoms with Crippen molar-refractivity contribution in [2.24, 2.45) is 5.92 Å². The molecule has 1 aliphatic heterocycles. The van der Waals surface area contributed by atoms with Crippen molar-refractivity contribution in [3.63, 3.8) is 0 Å². The van der Waals surface area contributed by atoms with Gasteiger partial charge in [0.1, 0.15) is 5.69 Å². The van der Waals surface area contributed by atoms with E-state index in [9.17, 15) is 4.79 Å². The molecule has 1 saturated heterocycles. The topological polar surface area (TPSA) is 84.2 Å². The van der Waals surface area contributed by atoms with Crippen LogP contribution in [-0.4, -0.2) is 52.6 Å². The highest BCUT2D eigenvalue weighted by atomic mass is 35.5. The number of hydrogen-bond donors (Lipinski definition) is 1. The van der Waals surface area contributed by atoms with Crippen molar-refractivity contribution in [3.05, 3.63) is 30.3 Å². The van der Waals surface area contributed by atoms with Crippen LogP contribution in [0.5, 0.6) is 0 Å². The lowest BCUT2D eigenvalue weighted by Crippen LogP contribution is -2.42. The number of rotatable bonds is 5. The molecule has 1 aliphatic rings. The normalized spacial score (nSPS) is 15.7. The summed E-state index contributed by atoms with van der Waals surface area (Å²) in [7, 11) is 1.87. The van der Waals surface area contributed by atoms with E-state index >= 15 is 0 Å². The minimum absolute atomic E-state index is 0. The number of likely N-dealkylation sites (tertiary alicyclic amines) is 1. The lowest BCUT2D eigenvalue weighted by molar-refractivity contribution is -0.136. The second kappa shape index (κ2) is 10.4. The summed E-state index contributed by atoms with van der Waals surface area (Å²) < 4.78 is 5.43. The highest BCUT2D eigenvalue weighted by Gasteiger charge is 2.29. The van der Waals surface area contributed by atoms with E-state index in [-0.39, 0.29) is 42.6 Å². The van der Waals surface area contributed by atoms with E-state index in [0.29, 0.717) is 24.0 Å². The molecule has 1 unspecified atom stereocenters. The highest BCUT2D eigenvalue weighted by Crippen LogP contribution is 2.28. The van der Waals surface area contributed by atoms with Crippen molar-refractivity contribution in [3.8, 4) is 11.5 Å². The van der Waals surface area contributed by atoms with Gasteiger partial charge in [0.2, 0.25) is 17.6 Å². The van der Waals surface area contributed by atoms with E-state index in [1.165, 1.54) is 0 Å². The maximum absolute atomic E-state index is 12.3. The Bertz CT molecular complexity index is 675. The number of aromatic nitrogens is 3. The fourth-order valence-electron chi connectivity index (χ4n) is 3.05. The predicted molar refractivity (Wildman–Crippen MR) is 104 cm³/mol. The number of nitrogens with zero attached hydrogens (tertiary/aromatic N) is 4. The quantitative estimate of drug-likeness (QED) is 0.828. The highest BCUT2D eigenvalue weighted by molar-refractivity contribution is 5.85. The largest absolute Gasteiger partial charge is 0.342 e. The molecule has 1 fully saturated rings. The SMILES string of the molecule is CNCC(C)C(=O)N1CCC(c2nc(-c3ccccn3)no2)CC1.Cl.Cl. The second-order valence-electron chi connectivity index (χ2n) is 6.23. The van der Waals surface area contributed by atoms with Gasteiger partial charge in [-0.1, -0.05) is 18.1 Å². The average Bonchev–Trinajstić information content (AvgIpc) is 3.12. The van der Waals surface area contributed by atoms with Crippen LogP contribution in [0.3, 0.4) is 0 Å². The van der Waals surface area contributed by atoms with Gasteiger partial charge < -0.3 is 14.7 Å². The molecule has 0 spiro atoms. The van der Waals surface area contributed by atoms with Crippen molar-refractivity contribution >= 4 is 30.7 Å². The molecule has 0 bridgehead atoms. The van der Waals surface area contributed by atoms with Crippen molar-refractivity contribution in [1.82, 2.24) is 25.3 Å². The molecule has 7 nitrogen and oxygen atoms in total. The van der Waals surface area contributed by atoms with E-state index in [1.807, 2.05) is 37.1 Å². The van der Waals surface area contributed by atoms with Gasteiger partial charge in [-0.3, -0.25) is 9.78 Å². The third kappa shape index (κ3) is 5.16. The number of amides is 1. The third-order valence-electron chi connectivity index (χ3n) is 4.42. The summed E-state index contributed by atoms with van der Waals surface area (Å²) in [4.78, 5) is 23.0. The number of pyridine rings is 1. The standard InChI is InChI=1S/C17H23N5O2.2ClH/c1-12(11-18-2)17(23)22-9-6-13(7-10-22)16-20-15(21-24-16)14-5-3-4-8-19-14;;/h3-5,8,12-13,18H,6-7,9-11H2,1-2H3;2*1H. The molecule has 1 amide bonds. The van der Waals surface area contributed by atoms with Crippen LogP contribution < -0.4 is 5.32 Å². The number of nitrogens with one attached hydrogen (secondary N) is 1. The Hall–Kier alpha value is -1.70. The summed E-state index contributed by atoms with van der Waals surface area (Å²) in [6, 6.07) is 5.61. The van der Waals surface area contributed by atoms with E-state index in [0.717, 1.165) is 25.9 Å². The minimum atomic E-state index is 0. The van der Waals surface area contributed by atoms with Crippen molar-refractivity contribution in [1.29, 1.82) is 0 Å². The average molecular weight is 402 g/mol. The lowest BCUT2D eigenvalue weighted by atomic mass is 9.95. The van der Waals surface area contributed by atoms with Crippen LogP contribution in [0.25, 0.3) is 11.5 Å². The first-order chi connectivity index (χ1) is 11.7. The lowest BCUT2D eigenvalue weighted by Gasteiger charge is -2.32. The first kappa shape index (κ1) is 22.3. The van der Waals surface area contributed by atoms with Gasteiger partial charge in [-0.15, -0.1) is 24.8 Å². The number of hydrogen-bond acceptors (Lipinski definition) is 6. The van der Waals surface area contributed by atoms with Gasteiger partial charge in [0.15, 0.2) is 0 Å². The molecule has 1 N–H and O–H groups in total. The van der Waals surface area contributed by atoms with Crippen molar-refractivity contribution < 1.29 is 9.32 Å². The first-order valence-electron chi connectivity index (χ1n) is 8.37. The van der Waals surface area contributed by atoms with Gasteiger partial charge in [0.25, 0.3) is 0 Å². The number of halogens is 2. The van der Waals surface area contributed by atoms with Crippen LogP contribution in [-0.2, 0) is 4.79 Å². The summed E-state index contributed by atoms with van der Waals surface area (Å²) in [5.41, 5.74) is 0.709. The molecule has 26 heavy (non-hydrogen) atoms. The van der Waals surface area contributed by atoms with Crippen molar-refractivity contribution in [2.45, 2.75) is 25.7 Å². The Labute approximate surface area is 165 Å². The Balaban J connectivity index is 0.00000169. The Kier molecular flexibility index (Phi) is 8.98. The third-order valence-corrected chi connectivity index (χ3v) is 4.42. The molecule has 0 radical (unpaired) electrons. The first-order valence-corrected chi connectivity index (χ1v) is 8.37. The molecule has 0 aliphatic carbocycles. The van der Waals surface area contributed by atoms with E-state index in [4.69, 9.17) is 4.52 Å². The second-order valence-corrected chi connectivity index (χ2v) is 6.23. The number of carbonyl (C=O) groups excluding carboxylic acids is 1. The molecule has 0 aromatic carbocycles. The van der Waals surface area contributed by atoms with E-state index in [1.54, 1.807) is 6.20 Å². The van der Waals surface area contributed by atoms with Crippen LogP contribution in [0.4, 0.5) is 0 Å². The van der Waals surface area contributed by atoms with Gasteiger partial charge in [-0.05, 0) is 32.0 Å². The van der Waals surface area contributed by atoms with Crippen LogP contribution in [0.2, 0.25) is 0 Å². The van der Waals surface area contributed by atoms with Gasteiger partial charge in [0, 0.05) is 37.7 Å². The van der Waals surface area contributed by atoms with E-state index < -0.39 is 0 Å². The maximum Gasteiger partial charge on any atom is 0.230 e. The molecular weight excluding hydrogens is 377 g/mol. The van der Waals surface area contributed by atoms with Crippen LogP contribution in [0.1, 0.15) is 31.6 Å². The maximum atomic E-state index is 12.3. The van der Waals surface area contributed by atoms with E-state index in [2.05, 4.69) is 20.4 Å². The minimum Gasteiger partial charge on any atom is -0.342 e. The molecule has 1 atom stereocenters. The fourth-order valence-corrected chi connectivity index (χ4v) is 3.05. The molecule has 9 heteroatoms. The zero-order valence-electron chi connectivity index (χ0n) is 14.9. The van der Waals surface area contributed by atoms with Crippen LogP contribution in [0, 0.1) is 5.92 Å². The van der Waals surface area contributed by atoms with Crippen molar-refractivity contribution in [2.75, 3.05) is 26.7 Å². The smallest absolute Gasteiger partial charge is 0.230 e. The van der Waals surface area contributed by atoms with Crippen LogP contribution in [0.15, 0.2) is 28.9 Å². The van der Waals surface area contributed by atoms with Gasteiger partial charge >= 0.3 is 0 Å². The molecule has 144 valence electrons. The number of piperidine rings is 1. The summed E-state index contributed by atoms with van der Waals surface area (Å²) in [6.45, 7) is 4.13. The predicted octanol–water partition coefficient (Wildman–Crippen LogP) is 2.54. The zero-order valence-corrected chi connectivity index (χ0v) is 16.6. The van der Waals surface area contributed by atoms with Gasteiger partial charge in [0.05, 0.1) is 0 Å². The fraction of sp³-hybridized carbons (Fsp3) is 0.529. The molecule has 3 heterocycles. The Morgan fingerprint density at radius 1 is 1.35 bits per heavy atom. The van der Waals surface area contributed by atoms with Crippen LogP contribution >= 0.6 is 24.8 Å². The Morgan fingerprint density at radius 3 is 2.69 bits per heavy atom. The molecular formula is C17H25Cl2N5O2. The summed E-state index contributed by atoms with van der Waals surface area (Å²) in [6.07, 6.45) is 3.41. The van der Waals surface area contributed by atoms with Gasteiger partial charge in [-0.2, -0.15) is 4.98 Å². The molecule has 0 saturated carbocycles. The summed E-state index contributed by atoms with van der Waals surface area (Å²) in [5, 5.41) is 7.08. The van der Waals surface area contributed by atoms with Gasteiger partial charge in [-0.25, -0.2) is 0 Å². The molecule has 3 rings (SSSR count). The monoisotopic (exact) mass is 401 g/mol. The Morgan fingerprint density at radius 2 is 2.08 bits per heavy atom. The summed E-state index contributed by atoms with van der Waals surface area (Å²) in [5.74, 6) is 1.59. The summed E-state index contributed by atoms with van der Waals surface area (Å²) >= 11 is 0. The molecule has 2 aromatic heterocycles.